The van der Waals surface area contributed by atoms with E-state index in [0.29, 0.717) is 56.2 Å². The summed E-state index contributed by atoms with van der Waals surface area (Å²) < 4.78 is 5.30. The van der Waals surface area contributed by atoms with Gasteiger partial charge < -0.3 is 15.0 Å². The molecule has 1 heterocycles. The molecule has 1 aromatic rings. The number of benzene rings is 1. The Balaban J connectivity index is 2.06. The molecule has 0 radical (unpaired) electrons. The fraction of sp³-hybridized carbons (Fsp3) is 0.632. The minimum atomic E-state index is -0.430. The summed E-state index contributed by atoms with van der Waals surface area (Å²) in [6, 6.07) is 5.44. The lowest BCUT2D eigenvalue weighted by atomic mass is 10.1. The molecule has 0 bridgehead atoms. The molecule has 1 N–H and O–H groups in total. The first kappa shape index (κ1) is 21.1. The minimum absolute atomic E-state index is 0.0458. The van der Waals surface area contributed by atoms with Crippen molar-refractivity contribution < 1.29 is 14.5 Å². The molecule has 1 fully saturated rings. The summed E-state index contributed by atoms with van der Waals surface area (Å²) in [6.45, 7) is 12.0. The van der Waals surface area contributed by atoms with Gasteiger partial charge in [-0.25, -0.2) is 0 Å². The van der Waals surface area contributed by atoms with Gasteiger partial charge in [0.25, 0.3) is 11.6 Å². The van der Waals surface area contributed by atoms with Gasteiger partial charge in [-0.15, -0.1) is 0 Å². The highest BCUT2D eigenvalue weighted by atomic mass is 16.6. The monoisotopic (exact) mass is 378 g/mol. The fourth-order valence-corrected chi connectivity index (χ4v) is 3.40. The summed E-state index contributed by atoms with van der Waals surface area (Å²) >= 11 is 0. The quantitative estimate of drug-likeness (QED) is 0.552. The lowest BCUT2D eigenvalue weighted by molar-refractivity contribution is -0.384. The van der Waals surface area contributed by atoms with E-state index >= 15 is 0 Å². The molecule has 1 aliphatic rings. The van der Waals surface area contributed by atoms with Crippen LogP contribution in [0.2, 0.25) is 0 Å². The minimum Gasteiger partial charge on any atom is -0.378 e. The van der Waals surface area contributed by atoms with E-state index in [-0.39, 0.29) is 11.6 Å². The van der Waals surface area contributed by atoms with Crippen LogP contribution in [0.5, 0.6) is 0 Å². The Labute approximate surface area is 160 Å². The highest BCUT2D eigenvalue weighted by Gasteiger charge is 2.23. The highest BCUT2D eigenvalue weighted by molar-refractivity contribution is 5.95. The first-order valence-electron chi connectivity index (χ1n) is 9.46. The van der Waals surface area contributed by atoms with Crippen LogP contribution in [0.3, 0.4) is 0 Å². The van der Waals surface area contributed by atoms with Crippen LogP contribution in [-0.4, -0.2) is 67.2 Å². The number of nitro benzene ring substituents is 1. The number of hydrogen-bond acceptors (Lipinski definition) is 6. The molecule has 0 saturated carbocycles. The van der Waals surface area contributed by atoms with Crippen molar-refractivity contribution in [3.63, 3.8) is 0 Å². The number of nitrogens with zero attached hydrogens (tertiary/aromatic N) is 3. The zero-order chi connectivity index (χ0) is 20.0. The van der Waals surface area contributed by atoms with Crippen LogP contribution in [0.1, 0.15) is 38.1 Å². The molecule has 0 aromatic heterocycles. The number of amides is 1. The zero-order valence-corrected chi connectivity index (χ0v) is 16.6. The summed E-state index contributed by atoms with van der Waals surface area (Å²) in [6.07, 6.45) is 0. The largest absolute Gasteiger partial charge is 0.378 e. The van der Waals surface area contributed by atoms with Crippen LogP contribution in [0, 0.1) is 10.1 Å². The molecule has 1 aromatic carbocycles. The number of carbonyl (C=O) groups is 1. The number of carbonyl (C=O) groups excluding carboxylic acids is 1. The predicted molar refractivity (Wildman–Crippen MR) is 105 cm³/mol. The van der Waals surface area contributed by atoms with Crippen molar-refractivity contribution in [1.29, 1.82) is 0 Å². The molecule has 150 valence electrons. The maximum absolute atomic E-state index is 12.4. The van der Waals surface area contributed by atoms with Crippen LogP contribution in [0.4, 0.5) is 11.4 Å². The summed E-state index contributed by atoms with van der Waals surface area (Å²) in [4.78, 5) is 27.7. The number of morpholine rings is 1. The molecule has 1 saturated heterocycles. The Morgan fingerprint density at radius 3 is 2.44 bits per heavy atom. The molecule has 27 heavy (non-hydrogen) atoms. The molecule has 2 rings (SSSR count). The van der Waals surface area contributed by atoms with Crippen molar-refractivity contribution in [2.45, 2.75) is 39.8 Å². The Morgan fingerprint density at radius 2 is 1.89 bits per heavy atom. The third-order valence-electron chi connectivity index (χ3n) is 4.77. The average molecular weight is 378 g/mol. The standard InChI is InChI=1S/C19H30N4O4/c1-14(2)22(15(3)4)8-7-20-19(24)16-5-6-17(18(13-16)23(25)26)21-9-11-27-12-10-21/h5-6,13-15H,7-12H2,1-4H3,(H,20,24). The molecular weight excluding hydrogens is 348 g/mol. The molecular formula is C19H30N4O4. The third-order valence-corrected chi connectivity index (χ3v) is 4.77. The highest BCUT2D eigenvalue weighted by Crippen LogP contribution is 2.29. The number of hydrogen-bond donors (Lipinski definition) is 1. The third kappa shape index (κ3) is 5.64. The second-order valence-electron chi connectivity index (χ2n) is 7.24. The number of rotatable bonds is 8. The molecule has 1 aliphatic heterocycles. The average Bonchev–Trinajstić information content (AvgIpc) is 2.64. The number of ether oxygens (including phenoxy) is 1. The summed E-state index contributed by atoms with van der Waals surface area (Å²) in [7, 11) is 0. The molecule has 0 unspecified atom stereocenters. The van der Waals surface area contributed by atoms with E-state index in [4.69, 9.17) is 4.74 Å². The van der Waals surface area contributed by atoms with Crippen molar-refractivity contribution >= 4 is 17.3 Å². The van der Waals surface area contributed by atoms with Gasteiger partial charge in [-0.1, -0.05) is 0 Å². The van der Waals surface area contributed by atoms with Crippen molar-refractivity contribution in [3.8, 4) is 0 Å². The van der Waals surface area contributed by atoms with Crippen molar-refractivity contribution in [3.05, 3.63) is 33.9 Å². The van der Waals surface area contributed by atoms with E-state index in [1.54, 1.807) is 12.1 Å². The van der Waals surface area contributed by atoms with Gasteiger partial charge >= 0.3 is 0 Å². The molecule has 0 spiro atoms. The number of anilines is 1. The summed E-state index contributed by atoms with van der Waals surface area (Å²) in [5.74, 6) is -0.293. The van der Waals surface area contributed by atoms with E-state index < -0.39 is 4.92 Å². The van der Waals surface area contributed by atoms with Gasteiger partial charge in [0.05, 0.1) is 18.1 Å². The fourth-order valence-electron chi connectivity index (χ4n) is 3.40. The molecule has 8 nitrogen and oxygen atoms in total. The van der Waals surface area contributed by atoms with Gasteiger partial charge in [-0.05, 0) is 39.8 Å². The maximum atomic E-state index is 12.4. The maximum Gasteiger partial charge on any atom is 0.293 e. The van der Waals surface area contributed by atoms with E-state index in [1.165, 1.54) is 6.07 Å². The molecule has 1 amide bonds. The Hall–Kier alpha value is -2.19. The van der Waals surface area contributed by atoms with Crippen LogP contribution < -0.4 is 10.2 Å². The summed E-state index contributed by atoms with van der Waals surface area (Å²) in [5, 5.41) is 14.4. The zero-order valence-electron chi connectivity index (χ0n) is 16.6. The van der Waals surface area contributed by atoms with Crippen molar-refractivity contribution in [2.75, 3.05) is 44.3 Å². The topological polar surface area (TPSA) is 88.0 Å². The van der Waals surface area contributed by atoms with E-state index in [0.717, 1.165) is 6.54 Å². The SMILES string of the molecule is CC(C)N(CCNC(=O)c1ccc(N2CCOCC2)c([N+](=O)[O-])c1)C(C)C. The lowest BCUT2D eigenvalue weighted by Gasteiger charge is -2.30. The van der Waals surface area contributed by atoms with E-state index in [9.17, 15) is 14.9 Å². The summed E-state index contributed by atoms with van der Waals surface area (Å²) in [5.41, 5.74) is 0.792. The normalized spacial score (nSPS) is 14.9. The molecule has 8 heteroatoms. The van der Waals surface area contributed by atoms with Gasteiger partial charge in [-0.3, -0.25) is 19.8 Å². The number of nitro groups is 1. The lowest BCUT2D eigenvalue weighted by Crippen LogP contribution is -2.42. The van der Waals surface area contributed by atoms with E-state index in [2.05, 4.69) is 37.9 Å². The van der Waals surface area contributed by atoms with Gasteiger partial charge in [-0.2, -0.15) is 0 Å². The van der Waals surface area contributed by atoms with Gasteiger partial charge in [0.15, 0.2) is 0 Å². The van der Waals surface area contributed by atoms with Gasteiger partial charge in [0.1, 0.15) is 5.69 Å². The van der Waals surface area contributed by atoms with Crippen LogP contribution in [0.25, 0.3) is 0 Å². The van der Waals surface area contributed by atoms with Crippen molar-refractivity contribution in [2.24, 2.45) is 0 Å². The Kier molecular flexibility index (Phi) is 7.55. The smallest absolute Gasteiger partial charge is 0.293 e. The van der Waals surface area contributed by atoms with Crippen LogP contribution >= 0.6 is 0 Å². The Morgan fingerprint density at radius 1 is 1.26 bits per heavy atom. The van der Waals surface area contributed by atoms with Gasteiger partial charge in [0.2, 0.25) is 0 Å². The molecule has 0 atom stereocenters. The first-order chi connectivity index (χ1) is 12.8. The first-order valence-corrected chi connectivity index (χ1v) is 9.46. The van der Waals surface area contributed by atoms with Gasteiger partial charge in [0, 0.05) is 49.9 Å². The second kappa shape index (κ2) is 9.66. The Bertz CT molecular complexity index is 649. The number of nitrogens with one attached hydrogen (secondary N) is 1. The van der Waals surface area contributed by atoms with Crippen LogP contribution in [-0.2, 0) is 4.74 Å². The van der Waals surface area contributed by atoms with Crippen LogP contribution in [0.15, 0.2) is 18.2 Å². The van der Waals surface area contributed by atoms with E-state index in [1.807, 2.05) is 4.90 Å². The molecule has 0 aliphatic carbocycles. The van der Waals surface area contributed by atoms with Crippen molar-refractivity contribution in [1.82, 2.24) is 10.2 Å². The second-order valence-corrected chi connectivity index (χ2v) is 7.24. The predicted octanol–water partition coefficient (Wildman–Crippen LogP) is 2.28.